The lowest BCUT2D eigenvalue weighted by Gasteiger charge is -2.08. The molecule has 102 valence electrons. The number of rotatable bonds is 6. The molecule has 0 spiro atoms. The minimum Gasteiger partial charge on any atom is -0.313 e. The average Bonchev–Trinajstić information content (AvgIpc) is 2.24. The van der Waals surface area contributed by atoms with Gasteiger partial charge >= 0.3 is 6.18 Å². The van der Waals surface area contributed by atoms with Gasteiger partial charge in [-0.1, -0.05) is 29.3 Å². The fraction of sp³-hybridized carbons (Fsp3) is 0.500. The Kier molecular flexibility index (Phi) is 6.26. The molecule has 0 saturated heterocycles. The molecule has 1 aromatic rings. The van der Waals surface area contributed by atoms with Crippen molar-refractivity contribution in [3.63, 3.8) is 0 Å². The van der Waals surface area contributed by atoms with E-state index in [1.54, 1.807) is 18.2 Å². The zero-order chi connectivity index (χ0) is 13.6. The lowest BCUT2D eigenvalue weighted by Crippen LogP contribution is -2.16. The van der Waals surface area contributed by atoms with Gasteiger partial charge in [-0.15, -0.1) is 0 Å². The third-order valence-electron chi connectivity index (χ3n) is 2.39. The minimum atomic E-state index is -4.06. The first-order valence-corrected chi connectivity index (χ1v) is 6.35. The van der Waals surface area contributed by atoms with Crippen LogP contribution in [-0.2, 0) is 6.54 Å². The van der Waals surface area contributed by atoms with Gasteiger partial charge in [-0.25, -0.2) is 0 Å². The Morgan fingerprint density at radius 3 is 2.44 bits per heavy atom. The van der Waals surface area contributed by atoms with Gasteiger partial charge in [0.15, 0.2) is 0 Å². The van der Waals surface area contributed by atoms with Crippen molar-refractivity contribution in [2.75, 3.05) is 6.54 Å². The van der Waals surface area contributed by atoms with E-state index in [0.29, 0.717) is 29.6 Å². The van der Waals surface area contributed by atoms with Gasteiger partial charge in [0, 0.05) is 23.0 Å². The maximum Gasteiger partial charge on any atom is 0.389 e. The monoisotopic (exact) mass is 299 g/mol. The van der Waals surface area contributed by atoms with Gasteiger partial charge in [-0.2, -0.15) is 13.2 Å². The SMILES string of the molecule is FC(F)(F)CCCCNCc1ccc(Cl)cc1Cl. The van der Waals surface area contributed by atoms with Crippen LogP contribution < -0.4 is 5.32 Å². The van der Waals surface area contributed by atoms with Crippen LogP contribution in [0.5, 0.6) is 0 Å². The number of unbranched alkanes of at least 4 members (excludes halogenated alkanes) is 1. The highest BCUT2D eigenvalue weighted by Gasteiger charge is 2.25. The fourth-order valence-electron chi connectivity index (χ4n) is 1.46. The van der Waals surface area contributed by atoms with Crippen molar-refractivity contribution in [2.24, 2.45) is 0 Å². The van der Waals surface area contributed by atoms with E-state index in [-0.39, 0.29) is 6.42 Å². The number of nitrogens with one attached hydrogen (secondary N) is 1. The van der Waals surface area contributed by atoms with Crippen molar-refractivity contribution in [1.29, 1.82) is 0 Å². The number of halogens is 5. The Morgan fingerprint density at radius 1 is 1.11 bits per heavy atom. The molecule has 0 unspecified atom stereocenters. The Hall–Kier alpha value is -0.450. The van der Waals surface area contributed by atoms with Crippen molar-refractivity contribution >= 4 is 23.2 Å². The van der Waals surface area contributed by atoms with E-state index in [4.69, 9.17) is 23.2 Å². The Balaban J connectivity index is 2.18. The molecule has 0 fully saturated rings. The standard InChI is InChI=1S/C12H14Cl2F3N/c13-10-4-3-9(11(14)7-10)8-18-6-2-1-5-12(15,16)17/h3-4,7,18H,1-2,5-6,8H2. The molecular formula is C12H14Cl2F3N. The molecule has 0 atom stereocenters. The normalized spacial score (nSPS) is 11.8. The molecule has 0 amide bonds. The van der Waals surface area contributed by atoms with E-state index in [1.165, 1.54) is 0 Å². The molecule has 1 N–H and O–H groups in total. The van der Waals surface area contributed by atoms with E-state index >= 15 is 0 Å². The Morgan fingerprint density at radius 2 is 1.83 bits per heavy atom. The highest BCUT2D eigenvalue weighted by atomic mass is 35.5. The third kappa shape index (κ3) is 6.47. The molecule has 18 heavy (non-hydrogen) atoms. The first-order chi connectivity index (χ1) is 8.38. The zero-order valence-electron chi connectivity index (χ0n) is 9.66. The van der Waals surface area contributed by atoms with Gasteiger partial charge in [-0.05, 0) is 37.1 Å². The molecule has 1 nitrogen and oxygen atoms in total. The van der Waals surface area contributed by atoms with Crippen LogP contribution in [0.15, 0.2) is 18.2 Å². The van der Waals surface area contributed by atoms with E-state index in [2.05, 4.69) is 5.32 Å². The smallest absolute Gasteiger partial charge is 0.313 e. The van der Waals surface area contributed by atoms with Crippen molar-refractivity contribution in [3.05, 3.63) is 33.8 Å². The number of hydrogen-bond donors (Lipinski definition) is 1. The van der Waals surface area contributed by atoms with Gasteiger partial charge < -0.3 is 5.32 Å². The van der Waals surface area contributed by atoms with E-state index < -0.39 is 12.6 Å². The third-order valence-corrected chi connectivity index (χ3v) is 2.98. The van der Waals surface area contributed by atoms with E-state index in [9.17, 15) is 13.2 Å². The van der Waals surface area contributed by atoms with Crippen LogP contribution in [0.2, 0.25) is 10.0 Å². The van der Waals surface area contributed by atoms with Gasteiger partial charge in [0.1, 0.15) is 0 Å². The molecule has 0 aliphatic carbocycles. The average molecular weight is 300 g/mol. The van der Waals surface area contributed by atoms with Crippen LogP contribution in [0, 0.1) is 0 Å². The fourth-order valence-corrected chi connectivity index (χ4v) is 1.94. The van der Waals surface area contributed by atoms with Gasteiger partial charge in [-0.3, -0.25) is 0 Å². The lowest BCUT2D eigenvalue weighted by molar-refractivity contribution is -0.135. The second kappa shape index (κ2) is 7.22. The maximum atomic E-state index is 11.9. The number of benzene rings is 1. The van der Waals surface area contributed by atoms with E-state index in [1.807, 2.05) is 0 Å². The Labute approximate surface area is 114 Å². The summed E-state index contributed by atoms with van der Waals surface area (Å²) in [6, 6.07) is 5.17. The second-order valence-electron chi connectivity index (χ2n) is 3.98. The minimum absolute atomic E-state index is 0.144. The predicted molar refractivity (Wildman–Crippen MR) is 68.1 cm³/mol. The van der Waals surface area contributed by atoms with Crippen LogP contribution in [0.4, 0.5) is 13.2 Å². The molecule has 0 heterocycles. The van der Waals surface area contributed by atoms with Crippen LogP contribution in [-0.4, -0.2) is 12.7 Å². The van der Waals surface area contributed by atoms with Crippen LogP contribution in [0.25, 0.3) is 0 Å². The molecule has 0 radical (unpaired) electrons. The van der Waals surface area contributed by atoms with Crippen LogP contribution in [0.3, 0.4) is 0 Å². The molecule has 6 heteroatoms. The summed E-state index contributed by atoms with van der Waals surface area (Å²) >= 11 is 11.7. The summed E-state index contributed by atoms with van der Waals surface area (Å²) in [7, 11) is 0. The summed E-state index contributed by atoms with van der Waals surface area (Å²) in [6.07, 6.45) is -4.15. The summed E-state index contributed by atoms with van der Waals surface area (Å²) in [5.41, 5.74) is 0.886. The maximum absolute atomic E-state index is 11.9. The summed E-state index contributed by atoms with van der Waals surface area (Å²) in [5, 5.41) is 4.18. The molecule has 0 aliphatic heterocycles. The van der Waals surface area contributed by atoms with Crippen molar-refractivity contribution in [2.45, 2.75) is 32.0 Å². The molecule has 0 bridgehead atoms. The quantitative estimate of drug-likeness (QED) is 0.743. The summed E-state index contributed by atoms with van der Waals surface area (Å²) in [5.74, 6) is 0. The molecule has 0 aromatic heterocycles. The second-order valence-corrected chi connectivity index (χ2v) is 4.83. The summed E-state index contributed by atoms with van der Waals surface area (Å²) in [6.45, 7) is 1.07. The topological polar surface area (TPSA) is 12.0 Å². The summed E-state index contributed by atoms with van der Waals surface area (Å²) in [4.78, 5) is 0. The highest BCUT2D eigenvalue weighted by molar-refractivity contribution is 6.35. The van der Waals surface area contributed by atoms with E-state index in [0.717, 1.165) is 5.56 Å². The molecule has 0 aliphatic rings. The van der Waals surface area contributed by atoms with Crippen molar-refractivity contribution < 1.29 is 13.2 Å². The van der Waals surface area contributed by atoms with Crippen LogP contribution in [0.1, 0.15) is 24.8 Å². The summed E-state index contributed by atoms with van der Waals surface area (Å²) < 4.78 is 35.6. The Bertz CT molecular complexity index is 380. The van der Waals surface area contributed by atoms with Gasteiger partial charge in [0.2, 0.25) is 0 Å². The van der Waals surface area contributed by atoms with Crippen molar-refractivity contribution in [3.8, 4) is 0 Å². The lowest BCUT2D eigenvalue weighted by atomic mass is 10.2. The first-order valence-electron chi connectivity index (χ1n) is 5.60. The molecule has 1 aromatic carbocycles. The predicted octanol–water partition coefficient (Wildman–Crippen LogP) is 4.82. The number of hydrogen-bond acceptors (Lipinski definition) is 1. The largest absolute Gasteiger partial charge is 0.389 e. The molecule has 0 saturated carbocycles. The molecular weight excluding hydrogens is 286 g/mol. The van der Waals surface area contributed by atoms with Gasteiger partial charge in [0.05, 0.1) is 0 Å². The van der Waals surface area contributed by atoms with Crippen LogP contribution >= 0.6 is 23.2 Å². The zero-order valence-corrected chi connectivity index (χ0v) is 11.2. The van der Waals surface area contributed by atoms with Gasteiger partial charge in [0.25, 0.3) is 0 Å². The van der Waals surface area contributed by atoms with Crippen molar-refractivity contribution in [1.82, 2.24) is 5.32 Å². The number of alkyl halides is 3. The highest BCUT2D eigenvalue weighted by Crippen LogP contribution is 2.22. The molecule has 1 rings (SSSR count). The first kappa shape index (κ1) is 15.6.